The quantitative estimate of drug-likeness (QED) is 0.901. The molecule has 0 radical (unpaired) electrons. The summed E-state index contributed by atoms with van der Waals surface area (Å²) in [4.78, 5) is 13.6. The number of hydrogen-bond acceptors (Lipinski definition) is 5. The monoisotopic (exact) mass is 283 g/mol. The Kier molecular flexibility index (Phi) is 4.40. The molecule has 1 unspecified atom stereocenters. The van der Waals surface area contributed by atoms with Gasteiger partial charge in [-0.1, -0.05) is 13.0 Å². The Balaban J connectivity index is 1.86. The van der Waals surface area contributed by atoms with Crippen LogP contribution in [0.25, 0.3) is 11.4 Å². The summed E-state index contributed by atoms with van der Waals surface area (Å²) in [6.07, 6.45) is 4.99. The number of pyridine rings is 1. The third-order valence-electron chi connectivity index (χ3n) is 3.66. The van der Waals surface area contributed by atoms with E-state index in [1.165, 1.54) is 12.8 Å². The normalized spacial score (nSPS) is 18.4. The molecule has 21 heavy (non-hydrogen) atoms. The summed E-state index contributed by atoms with van der Waals surface area (Å²) in [7, 11) is 0. The number of rotatable bonds is 4. The fourth-order valence-corrected chi connectivity index (χ4v) is 2.56. The van der Waals surface area contributed by atoms with E-state index in [-0.39, 0.29) is 0 Å². The number of nitrogens with zero attached hydrogens (tertiary/aromatic N) is 3. The maximum absolute atomic E-state index is 4.59. The van der Waals surface area contributed by atoms with E-state index in [0.29, 0.717) is 6.04 Å². The Labute approximate surface area is 125 Å². The second-order valence-corrected chi connectivity index (χ2v) is 5.31. The second kappa shape index (κ2) is 6.63. The van der Waals surface area contributed by atoms with E-state index in [1.54, 1.807) is 6.20 Å². The molecule has 1 aliphatic rings. The molecule has 0 aromatic carbocycles. The van der Waals surface area contributed by atoms with Gasteiger partial charge in [-0.25, -0.2) is 9.97 Å². The van der Waals surface area contributed by atoms with E-state index < -0.39 is 0 Å². The highest BCUT2D eigenvalue weighted by Gasteiger charge is 2.14. The summed E-state index contributed by atoms with van der Waals surface area (Å²) >= 11 is 0. The molecule has 2 aromatic rings. The van der Waals surface area contributed by atoms with Crippen molar-refractivity contribution < 1.29 is 0 Å². The topological polar surface area (TPSA) is 62.7 Å². The van der Waals surface area contributed by atoms with E-state index in [4.69, 9.17) is 0 Å². The van der Waals surface area contributed by atoms with Gasteiger partial charge in [-0.3, -0.25) is 4.98 Å². The summed E-state index contributed by atoms with van der Waals surface area (Å²) in [5.74, 6) is 1.75. The average Bonchev–Trinajstić information content (AvgIpc) is 2.56. The number of nitrogens with one attached hydrogen (secondary N) is 2. The minimum atomic E-state index is 0.440. The van der Waals surface area contributed by atoms with Crippen LogP contribution < -0.4 is 10.6 Å². The fourth-order valence-electron chi connectivity index (χ4n) is 2.56. The number of aryl methyl sites for hydroxylation is 1. The van der Waals surface area contributed by atoms with Crippen LogP contribution in [-0.2, 0) is 6.42 Å². The molecule has 5 nitrogen and oxygen atoms in total. The van der Waals surface area contributed by atoms with Gasteiger partial charge in [0.05, 0.1) is 11.4 Å². The van der Waals surface area contributed by atoms with Crippen molar-refractivity contribution in [3.05, 3.63) is 36.3 Å². The predicted octanol–water partition coefficient (Wildman–Crippen LogP) is 2.26. The molecular formula is C16H21N5. The van der Waals surface area contributed by atoms with Gasteiger partial charge in [0.25, 0.3) is 0 Å². The molecule has 110 valence electrons. The largest absolute Gasteiger partial charge is 0.366 e. The number of anilines is 1. The number of hydrogen-bond donors (Lipinski definition) is 2. The molecular weight excluding hydrogens is 262 g/mol. The Morgan fingerprint density at radius 2 is 2.24 bits per heavy atom. The summed E-state index contributed by atoms with van der Waals surface area (Å²) in [6.45, 7) is 4.18. The average molecular weight is 283 g/mol. The third kappa shape index (κ3) is 3.55. The second-order valence-electron chi connectivity index (χ2n) is 5.31. The predicted molar refractivity (Wildman–Crippen MR) is 84.2 cm³/mol. The van der Waals surface area contributed by atoms with Gasteiger partial charge in [0.1, 0.15) is 11.6 Å². The van der Waals surface area contributed by atoms with Crippen LogP contribution in [0.2, 0.25) is 0 Å². The molecule has 1 atom stereocenters. The van der Waals surface area contributed by atoms with E-state index in [2.05, 4.69) is 32.5 Å². The SMILES string of the molecule is CCc1nc(NC2CCCNC2)cc(-c2ccccn2)n1. The Bertz CT molecular complexity index is 578. The van der Waals surface area contributed by atoms with Gasteiger partial charge in [-0.15, -0.1) is 0 Å². The maximum Gasteiger partial charge on any atom is 0.131 e. The maximum atomic E-state index is 4.59. The first-order valence-corrected chi connectivity index (χ1v) is 7.62. The standard InChI is InChI=1S/C16H21N5/c1-2-15-20-14(13-7-3-4-9-18-13)10-16(21-15)19-12-6-5-8-17-11-12/h3-4,7,9-10,12,17H,2,5-6,8,11H2,1H3,(H,19,20,21). The highest BCUT2D eigenvalue weighted by Crippen LogP contribution is 2.19. The summed E-state index contributed by atoms with van der Waals surface area (Å²) < 4.78 is 0. The third-order valence-corrected chi connectivity index (χ3v) is 3.66. The van der Waals surface area contributed by atoms with Crippen LogP contribution in [0.3, 0.4) is 0 Å². The fraction of sp³-hybridized carbons (Fsp3) is 0.438. The molecule has 0 saturated carbocycles. The molecule has 3 rings (SSSR count). The molecule has 3 heterocycles. The van der Waals surface area contributed by atoms with E-state index >= 15 is 0 Å². The van der Waals surface area contributed by atoms with E-state index in [0.717, 1.165) is 42.5 Å². The Morgan fingerprint density at radius 1 is 1.29 bits per heavy atom. The molecule has 0 amide bonds. The van der Waals surface area contributed by atoms with Gasteiger partial charge in [-0.2, -0.15) is 0 Å². The first-order chi connectivity index (χ1) is 10.3. The molecule has 0 bridgehead atoms. The molecule has 5 heteroatoms. The lowest BCUT2D eigenvalue weighted by atomic mass is 10.1. The van der Waals surface area contributed by atoms with E-state index in [9.17, 15) is 0 Å². The Hall–Kier alpha value is -2.01. The zero-order chi connectivity index (χ0) is 14.5. The van der Waals surface area contributed by atoms with Crippen molar-refractivity contribution in [3.8, 4) is 11.4 Å². The lowest BCUT2D eigenvalue weighted by Crippen LogP contribution is -2.38. The van der Waals surface area contributed by atoms with Crippen molar-refractivity contribution >= 4 is 5.82 Å². The molecule has 0 aliphatic carbocycles. The first-order valence-electron chi connectivity index (χ1n) is 7.62. The van der Waals surface area contributed by atoms with Crippen LogP contribution in [0, 0.1) is 0 Å². The zero-order valence-electron chi connectivity index (χ0n) is 12.3. The lowest BCUT2D eigenvalue weighted by molar-refractivity contribution is 0.479. The van der Waals surface area contributed by atoms with Gasteiger partial charge in [-0.05, 0) is 31.5 Å². The van der Waals surface area contributed by atoms with Gasteiger partial charge in [0.2, 0.25) is 0 Å². The lowest BCUT2D eigenvalue weighted by Gasteiger charge is -2.24. The Morgan fingerprint density at radius 3 is 2.95 bits per heavy atom. The van der Waals surface area contributed by atoms with Crippen molar-refractivity contribution in [1.29, 1.82) is 0 Å². The molecule has 1 aliphatic heterocycles. The summed E-state index contributed by atoms with van der Waals surface area (Å²) in [5, 5.41) is 6.94. The molecule has 2 N–H and O–H groups in total. The van der Waals surface area contributed by atoms with Gasteiger partial charge in [0, 0.05) is 31.3 Å². The van der Waals surface area contributed by atoms with Gasteiger partial charge >= 0.3 is 0 Å². The van der Waals surface area contributed by atoms with Crippen LogP contribution in [0.1, 0.15) is 25.6 Å². The summed E-state index contributed by atoms with van der Waals surface area (Å²) in [6, 6.07) is 8.31. The van der Waals surface area contributed by atoms with Crippen molar-refractivity contribution in [2.24, 2.45) is 0 Å². The van der Waals surface area contributed by atoms with Gasteiger partial charge in [0.15, 0.2) is 0 Å². The van der Waals surface area contributed by atoms with Crippen molar-refractivity contribution in [1.82, 2.24) is 20.3 Å². The molecule has 1 saturated heterocycles. The molecule has 2 aromatic heterocycles. The molecule has 0 spiro atoms. The van der Waals surface area contributed by atoms with E-state index in [1.807, 2.05) is 24.3 Å². The first kappa shape index (κ1) is 13.9. The van der Waals surface area contributed by atoms with Crippen LogP contribution >= 0.6 is 0 Å². The number of aromatic nitrogens is 3. The highest BCUT2D eigenvalue weighted by atomic mass is 15.1. The van der Waals surface area contributed by atoms with Crippen LogP contribution in [0.5, 0.6) is 0 Å². The highest BCUT2D eigenvalue weighted by molar-refractivity contribution is 5.58. The van der Waals surface area contributed by atoms with Crippen molar-refractivity contribution in [2.45, 2.75) is 32.2 Å². The van der Waals surface area contributed by atoms with Crippen molar-refractivity contribution in [2.75, 3.05) is 18.4 Å². The van der Waals surface area contributed by atoms with Crippen LogP contribution in [-0.4, -0.2) is 34.1 Å². The zero-order valence-corrected chi connectivity index (χ0v) is 12.3. The smallest absolute Gasteiger partial charge is 0.131 e. The molecule has 1 fully saturated rings. The van der Waals surface area contributed by atoms with Crippen LogP contribution in [0.15, 0.2) is 30.5 Å². The van der Waals surface area contributed by atoms with Crippen LogP contribution in [0.4, 0.5) is 5.82 Å². The van der Waals surface area contributed by atoms with Crippen molar-refractivity contribution in [3.63, 3.8) is 0 Å². The minimum absolute atomic E-state index is 0.440. The van der Waals surface area contributed by atoms with Gasteiger partial charge < -0.3 is 10.6 Å². The number of piperidine rings is 1. The minimum Gasteiger partial charge on any atom is -0.366 e. The summed E-state index contributed by atoms with van der Waals surface area (Å²) in [5.41, 5.74) is 1.77.